The average molecular weight is 225 g/mol. The van der Waals surface area contributed by atoms with Gasteiger partial charge in [0.15, 0.2) is 6.29 Å². The van der Waals surface area contributed by atoms with Crippen LogP contribution in [-0.4, -0.2) is 38.0 Å². The van der Waals surface area contributed by atoms with E-state index in [0.717, 1.165) is 13.0 Å². The van der Waals surface area contributed by atoms with Crippen molar-refractivity contribution in [2.75, 3.05) is 20.7 Å². The summed E-state index contributed by atoms with van der Waals surface area (Å²) in [6, 6.07) is 0. The highest BCUT2D eigenvalue weighted by molar-refractivity contribution is 5.20. The summed E-state index contributed by atoms with van der Waals surface area (Å²) in [4.78, 5) is 2.24. The Morgan fingerprint density at radius 2 is 2.19 bits per heavy atom. The Labute approximate surface area is 98.4 Å². The Bertz CT molecular complexity index is 275. The highest BCUT2D eigenvalue weighted by Crippen LogP contribution is 2.46. The third kappa shape index (κ3) is 2.25. The molecule has 0 saturated heterocycles. The van der Waals surface area contributed by atoms with Crippen LogP contribution in [0, 0.1) is 11.8 Å². The molecule has 92 valence electrons. The van der Waals surface area contributed by atoms with Crippen LogP contribution >= 0.6 is 0 Å². The van der Waals surface area contributed by atoms with Crippen molar-refractivity contribution in [3.63, 3.8) is 0 Å². The zero-order chi connectivity index (χ0) is 11.7. The molecule has 2 bridgehead atoms. The minimum atomic E-state index is -0.0643. The maximum atomic E-state index is 5.93. The van der Waals surface area contributed by atoms with Crippen LogP contribution in [0.1, 0.15) is 26.7 Å². The van der Waals surface area contributed by atoms with Crippen LogP contribution in [0.5, 0.6) is 0 Å². The first kappa shape index (κ1) is 11.9. The van der Waals surface area contributed by atoms with E-state index in [1.807, 2.05) is 13.8 Å². The quantitative estimate of drug-likeness (QED) is 0.670. The van der Waals surface area contributed by atoms with Gasteiger partial charge in [0, 0.05) is 38.2 Å². The Balaban J connectivity index is 1.89. The molecule has 0 heterocycles. The fourth-order valence-electron chi connectivity index (χ4n) is 2.99. The Morgan fingerprint density at radius 3 is 2.69 bits per heavy atom. The largest absolute Gasteiger partial charge is 0.381 e. The third-order valence-electron chi connectivity index (χ3n) is 3.64. The molecule has 2 aliphatic carbocycles. The number of hydrogen-bond acceptors (Lipinski definition) is 3. The van der Waals surface area contributed by atoms with E-state index in [2.05, 4.69) is 25.1 Å². The summed E-state index contributed by atoms with van der Waals surface area (Å²) in [6.07, 6.45) is 5.11. The summed E-state index contributed by atoms with van der Waals surface area (Å²) in [5.74, 6) is 1.31. The minimum absolute atomic E-state index is 0.0643. The molecule has 2 aliphatic rings. The zero-order valence-electron chi connectivity index (χ0n) is 10.8. The normalized spacial score (nSPS) is 34.0. The van der Waals surface area contributed by atoms with E-state index >= 15 is 0 Å². The molecule has 0 N–H and O–H groups in total. The van der Waals surface area contributed by atoms with Crippen molar-refractivity contribution in [3.8, 4) is 0 Å². The first-order valence-electron chi connectivity index (χ1n) is 6.28. The Kier molecular flexibility index (Phi) is 3.55. The third-order valence-corrected chi connectivity index (χ3v) is 3.64. The molecule has 4 atom stereocenters. The molecule has 3 heteroatoms. The van der Waals surface area contributed by atoms with Crippen LogP contribution in [0.25, 0.3) is 0 Å². The number of ether oxygens (including phenoxy) is 2. The molecule has 0 aromatic rings. The van der Waals surface area contributed by atoms with Crippen molar-refractivity contribution in [3.05, 3.63) is 11.8 Å². The summed E-state index contributed by atoms with van der Waals surface area (Å²) in [5.41, 5.74) is 1.49. The maximum absolute atomic E-state index is 5.93. The average Bonchev–Trinajstić information content (AvgIpc) is 2.76. The second-order valence-corrected chi connectivity index (χ2v) is 5.02. The predicted molar refractivity (Wildman–Crippen MR) is 63.9 cm³/mol. The van der Waals surface area contributed by atoms with E-state index in [1.165, 1.54) is 12.1 Å². The lowest BCUT2D eigenvalue weighted by atomic mass is 10.0. The first-order valence-corrected chi connectivity index (χ1v) is 6.28. The molecule has 2 rings (SSSR count). The highest BCUT2D eigenvalue weighted by Gasteiger charge is 2.42. The molecular formula is C13H23NO2. The van der Waals surface area contributed by atoms with Crippen molar-refractivity contribution in [1.29, 1.82) is 0 Å². The number of nitrogens with zero attached hydrogens (tertiary/aromatic N) is 1. The van der Waals surface area contributed by atoms with E-state index in [9.17, 15) is 0 Å². The van der Waals surface area contributed by atoms with Gasteiger partial charge in [-0.1, -0.05) is 6.08 Å². The molecule has 0 unspecified atom stereocenters. The van der Waals surface area contributed by atoms with E-state index in [0.29, 0.717) is 17.9 Å². The van der Waals surface area contributed by atoms with E-state index in [1.54, 1.807) is 0 Å². The topological polar surface area (TPSA) is 21.7 Å². The number of hydrogen-bond donors (Lipinski definition) is 0. The van der Waals surface area contributed by atoms with Crippen LogP contribution in [-0.2, 0) is 9.47 Å². The molecule has 3 nitrogen and oxygen atoms in total. The fraction of sp³-hybridized carbons (Fsp3) is 0.846. The molecule has 0 radical (unpaired) electrons. The molecular weight excluding hydrogens is 202 g/mol. The molecule has 0 aromatic heterocycles. The lowest BCUT2D eigenvalue weighted by molar-refractivity contribution is -0.162. The van der Waals surface area contributed by atoms with Gasteiger partial charge in [0.2, 0.25) is 0 Å². The second-order valence-electron chi connectivity index (χ2n) is 5.02. The SMILES string of the molecule is CCO[C@@H](C)O[C@@H]1C[C@H]2C[C@H]1C=C2N(C)C. The van der Waals surface area contributed by atoms with Gasteiger partial charge in [-0.2, -0.15) is 0 Å². The van der Waals surface area contributed by atoms with E-state index < -0.39 is 0 Å². The molecule has 1 fully saturated rings. The number of rotatable bonds is 5. The van der Waals surface area contributed by atoms with Gasteiger partial charge in [0.1, 0.15) is 0 Å². The monoisotopic (exact) mass is 225 g/mol. The van der Waals surface area contributed by atoms with Crippen molar-refractivity contribution >= 4 is 0 Å². The molecule has 0 amide bonds. The van der Waals surface area contributed by atoms with Gasteiger partial charge in [-0.25, -0.2) is 0 Å². The van der Waals surface area contributed by atoms with Gasteiger partial charge in [-0.3, -0.25) is 0 Å². The lowest BCUT2D eigenvalue weighted by Crippen LogP contribution is -2.28. The van der Waals surface area contributed by atoms with Gasteiger partial charge in [-0.05, 0) is 26.7 Å². The zero-order valence-corrected chi connectivity index (χ0v) is 10.8. The summed E-state index contributed by atoms with van der Waals surface area (Å²) >= 11 is 0. The lowest BCUT2D eigenvalue weighted by Gasteiger charge is -2.27. The van der Waals surface area contributed by atoms with Gasteiger partial charge in [-0.15, -0.1) is 0 Å². The molecule has 16 heavy (non-hydrogen) atoms. The van der Waals surface area contributed by atoms with Crippen molar-refractivity contribution in [2.45, 2.75) is 39.1 Å². The maximum Gasteiger partial charge on any atom is 0.155 e. The van der Waals surface area contributed by atoms with Crippen molar-refractivity contribution < 1.29 is 9.47 Å². The van der Waals surface area contributed by atoms with Crippen molar-refractivity contribution in [2.24, 2.45) is 11.8 Å². The minimum Gasteiger partial charge on any atom is -0.381 e. The van der Waals surface area contributed by atoms with Gasteiger partial charge < -0.3 is 14.4 Å². The van der Waals surface area contributed by atoms with Crippen LogP contribution in [0.4, 0.5) is 0 Å². The van der Waals surface area contributed by atoms with Gasteiger partial charge >= 0.3 is 0 Å². The number of fused-ring (bicyclic) bond motifs is 2. The van der Waals surface area contributed by atoms with E-state index in [-0.39, 0.29) is 6.29 Å². The molecule has 0 spiro atoms. The van der Waals surface area contributed by atoms with Gasteiger partial charge in [0.05, 0.1) is 6.10 Å². The standard InChI is InChI=1S/C13H23NO2/c1-5-15-9(2)16-13-8-10-6-11(13)7-12(10)14(3)4/h7,9-11,13H,5-6,8H2,1-4H3/t9-,10-,11+,13-/m1/s1. The predicted octanol–water partition coefficient (Wildman–Crippen LogP) is 2.24. The van der Waals surface area contributed by atoms with Crippen LogP contribution < -0.4 is 0 Å². The van der Waals surface area contributed by atoms with Crippen LogP contribution in [0.3, 0.4) is 0 Å². The highest BCUT2D eigenvalue weighted by atomic mass is 16.7. The van der Waals surface area contributed by atoms with E-state index in [4.69, 9.17) is 9.47 Å². The second kappa shape index (κ2) is 4.76. The molecule has 0 aliphatic heterocycles. The van der Waals surface area contributed by atoms with Gasteiger partial charge in [0.25, 0.3) is 0 Å². The van der Waals surface area contributed by atoms with Crippen molar-refractivity contribution in [1.82, 2.24) is 4.90 Å². The summed E-state index contributed by atoms with van der Waals surface area (Å²) in [5, 5.41) is 0. The molecule has 1 saturated carbocycles. The first-order chi connectivity index (χ1) is 7.61. The summed E-state index contributed by atoms with van der Waals surface area (Å²) in [7, 11) is 4.26. The smallest absolute Gasteiger partial charge is 0.155 e. The Morgan fingerprint density at radius 1 is 1.44 bits per heavy atom. The Hall–Kier alpha value is -0.540. The molecule has 0 aromatic carbocycles. The summed E-state index contributed by atoms with van der Waals surface area (Å²) in [6.45, 7) is 4.72. The van der Waals surface area contributed by atoms with Crippen LogP contribution in [0.2, 0.25) is 0 Å². The number of allylic oxidation sites excluding steroid dienone is 1. The summed E-state index contributed by atoms with van der Waals surface area (Å²) < 4.78 is 11.4. The van der Waals surface area contributed by atoms with Crippen LogP contribution in [0.15, 0.2) is 11.8 Å². The fourth-order valence-corrected chi connectivity index (χ4v) is 2.99.